The molecule has 106 valence electrons. The number of aromatic nitrogens is 2. The van der Waals surface area contributed by atoms with Gasteiger partial charge in [-0.25, -0.2) is 0 Å². The second-order valence-electron chi connectivity index (χ2n) is 4.95. The maximum Gasteiger partial charge on any atom is 0.237 e. The molecule has 1 aromatic rings. The Hall–Kier alpha value is -1.43. The van der Waals surface area contributed by atoms with Crippen LogP contribution in [0.15, 0.2) is 4.52 Å². The van der Waals surface area contributed by atoms with E-state index in [1.54, 1.807) is 7.05 Å². The first-order valence-corrected chi connectivity index (χ1v) is 7.01. The molecule has 0 aromatic carbocycles. The van der Waals surface area contributed by atoms with Crippen molar-refractivity contribution >= 4 is 5.91 Å². The lowest BCUT2D eigenvalue weighted by Gasteiger charge is -2.20. The van der Waals surface area contributed by atoms with Crippen LogP contribution in [0.25, 0.3) is 0 Å². The van der Waals surface area contributed by atoms with Gasteiger partial charge >= 0.3 is 0 Å². The minimum atomic E-state index is -0.0532. The van der Waals surface area contributed by atoms with Crippen LogP contribution in [0, 0.1) is 0 Å². The van der Waals surface area contributed by atoms with Gasteiger partial charge in [-0.15, -0.1) is 0 Å². The fourth-order valence-corrected chi connectivity index (χ4v) is 2.44. The third kappa shape index (κ3) is 3.53. The van der Waals surface area contributed by atoms with E-state index < -0.39 is 0 Å². The summed E-state index contributed by atoms with van der Waals surface area (Å²) in [5.74, 6) is 1.46. The van der Waals surface area contributed by atoms with Gasteiger partial charge in [0.15, 0.2) is 5.82 Å². The molecule has 2 rings (SSSR count). The molecular formula is C13H22N4O2. The molecule has 1 aliphatic rings. The number of rotatable bonds is 6. The summed E-state index contributed by atoms with van der Waals surface area (Å²) in [7, 11) is 1.68. The second-order valence-corrected chi connectivity index (χ2v) is 4.95. The van der Waals surface area contributed by atoms with Crippen molar-refractivity contribution < 1.29 is 9.32 Å². The zero-order valence-corrected chi connectivity index (χ0v) is 11.7. The van der Waals surface area contributed by atoms with E-state index in [0.717, 1.165) is 38.6 Å². The number of carbonyl (C=O) groups excluding carboxylic acids is 1. The van der Waals surface area contributed by atoms with Crippen LogP contribution < -0.4 is 5.32 Å². The SMILES string of the molecule is CCCCc1nc(CN2CCC[C@H]2C(=O)NC)no1. The molecule has 0 unspecified atom stereocenters. The quantitative estimate of drug-likeness (QED) is 0.835. The monoisotopic (exact) mass is 266 g/mol. The minimum Gasteiger partial charge on any atom is -0.358 e. The van der Waals surface area contributed by atoms with E-state index in [2.05, 4.69) is 27.3 Å². The second kappa shape index (κ2) is 6.65. The lowest BCUT2D eigenvalue weighted by atomic mass is 10.2. The van der Waals surface area contributed by atoms with E-state index in [-0.39, 0.29) is 11.9 Å². The highest BCUT2D eigenvalue weighted by Crippen LogP contribution is 2.19. The van der Waals surface area contributed by atoms with Crippen molar-refractivity contribution in [3.05, 3.63) is 11.7 Å². The molecule has 0 bridgehead atoms. The number of likely N-dealkylation sites (N-methyl/N-ethyl adjacent to an activating group) is 1. The number of nitrogens with zero attached hydrogens (tertiary/aromatic N) is 3. The van der Waals surface area contributed by atoms with E-state index in [9.17, 15) is 4.79 Å². The molecule has 0 radical (unpaired) electrons. The Morgan fingerprint density at radius 2 is 2.42 bits per heavy atom. The number of amides is 1. The Balaban J connectivity index is 1.92. The maximum absolute atomic E-state index is 11.7. The van der Waals surface area contributed by atoms with Crippen molar-refractivity contribution in [2.45, 2.75) is 51.6 Å². The first-order valence-electron chi connectivity index (χ1n) is 7.01. The summed E-state index contributed by atoms with van der Waals surface area (Å²) in [6.45, 7) is 3.64. The first-order chi connectivity index (χ1) is 9.24. The van der Waals surface area contributed by atoms with Crippen LogP contribution in [0.2, 0.25) is 0 Å². The Morgan fingerprint density at radius 3 is 3.16 bits per heavy atom. The van der Waals surface area contributed by atoms with Crippen LogP contribution in [0.1, 0.15) is 44.3 Å². The molecule has 6 heteroatoms. The summed E-state index contributed by atoms with van der Waals surface area (Å²) >= 11 is 0. The number of aryl methyl sites for hydroxylation is 1. The molecule has 1 aromatic heterocycles. The first kappa shape index (κ1) is 14.0. The van der Waals surface area contributed by atoms with Gasteiger partial charge in [-0.1, -0.05) is 18.5 Å². The van der Waals surface area contributed by atoms with Crippen molar-refractivity contribution in [2.75, 3.05) is 13.6 Å². The van der Waals surface area contributed by atoms with Crippen LogP contribution in [0.3, 0.4) is 0 Å². The molecule has 19 heavy (non-hydrogen) atoms. The topological polar surface area (TPSA) is 71.3 Å². The summed E-state index contributed by atoms with van der Waals surface area (Å²) in [4.78, 5) is 18.2. The Bertz CT molecular complexity index is 419. The van der Waals surface area contributed by atoms with Crippen LogP contribution in [-0.4, -0.2) is 40.6 Å². The van der Waals surface area contributed by atoms with Gasteiger partial charge in [-0.05, 0) is 25.8 Å². The molecule has 0 aliphatic carbocycles. The predicted molar refractivity (Wildman–Crippen MR) is 70.4 cm³/mol. The average Bonchev–Trinajstić information content (AvgIpc) is 3.05. The lowest BCUT2D eigenvalue weighted by molar-refractivity contribution is -0.125. The number of likely N-dealkylation sites (tertiary alicyclic amines) is 1. The smallest absolute Gasteiger partial charge is 0.237 e. The standard InChI is InChI=1S/C13H22N4O2/c1-3-4-7-12-15-11(16-19-12)9-17-8-5-6-10(17)13(18)14-2/h10H,3-9H2,1-2H3,(H,14,18)/t10-/m0/s1. The number of carbonyl (C=O) groups is 1. The molecule has 0 spiro atoms. The summed E-state index contributed by atoms with van der Waals surface area (Å²) in [6.07, 6.45) is 4.95. The van der Waals surface area contributed by atoms with Crippen LogP contribution in [-0.2, 0) is 17.8 Å². The fourth-order valence-electron chi connectivity index (χ4n) is 2.44. The van der Waals surface area contributed by atoms with E-state index in [1.807, 2.05) is 0 Å². The molecular weight excluding hydrogens is 244 g/mol. The zero-order chi connectivity index (χ0) is 13.7. The van der Waals surface area contributed by atoms with Gasteiger partial charge in [0.1, 0.15) is 0 Å². The van der Waals surface area contributed by atoms with E-state index in [4.69, 9.17) is 4.52 Å². The zero-order valence-electron chi connectivity index (χ0n) is 11.7. The van der Waals surface area contributed by atoms with Crippen molar-refractivity contribution in [1.29, 1.82) is 0 Å². The highest BCUT2D eigenvalue weighted by molar-refractivity contribution is 5.81. The molecule has 0 saturated carbocycles. The number of nitrogens with one attached hydrogen (secondary N) is 1. The average molecular weight is 266 g/mol. The third-order valence-corrected chi connectivity index (χ3v) is 3.51. The molecule has 1 amide bonds. The lowest BCUT2D eigenvalue weighted by Crippen LogP contribution is -2.41. The normalized spacial score (nSPS) is 19.8. The molecule has 1 fully saturated rings. The maximum atomic E-state index is 11.7. The number of unbranched alkanes of at least 4 members (excludes halogenated alkanes) is 1. The fraction of sp³-hybridized carbons (Fsp3) is 0.769. The van der Waals surface area contributed by atoms with Crippen LogP contribution in [0.5, 0.6) is 0 Å². The van der Waals surface area contributed by atoms with Crippen molar-refractivity contribution in [1.82, 2.24) is 20.4 Å². The molecule has 2 heterocycles. The third-order valence-electron chi connectivity index (χ3n) is 3.51. The van der Waals surface area contributed by atoms with Crippen molar-refractivity contribution in [3.63, 3.8) is 0 Å². The Morgan fingerprint density at radius 1 is 1.58 bits per heavy atom. The summed E-state index contributed by atoms with van der Waals surface area (Å²) in [6, 6.07) is -0.0532. The molecule has 1 aliphatic heterocycles. The molecule has 6 nitrogen and oxygen atoms in total. The summed E-state index contributed by atoms with van der Waals surface area (Å²) in [5, 5.41) is 6.70. The summed E-state index contributed by atoms with van der Waals surface area (Å²) < 4.78 is 5.21. The van der Waals surface area contributed by atoms with Gasteiger partial charge in [0, 0.05) is 13.5 Å². The Kier molecular flexibility index (Phi) is 4.90. The van der Waals surface area contributed by atoms with Gasteiger partial charge < -0.3 is 9.84 Å². The summed E-state index contributed by atoms with van der Waals surface area (Å²) in [5.41, 5.74) is 0. The number of hydrogen-bond donors (Lipinski definition) is 1. The van der Waals surface area contributed by atoms with E-state index in [1.165, 1.54) is 0 Å². The highest BCUT2D eigenvalue weighted by Gasteiger charge is 2.30. The highest BCUT2D eigenvalue weighted by atomic mass is 16.5. The molecule has 1 saturated heterocycles. The Labute approximate surface area is 113 Å². The van der Waals surface area contributed by atoms with Crippen LogP contribution in [0.4, 0.5) is 0 Å². The van der Waals surface area contributed by atoms with Gasteiger partial charge in [0.25, 0.3) is 0 Å². The minimum absolute atomic E-state index is 0.0532. The predicted octanol–water partition coefficient (Wildman–Crippen LogP) is 1.12. The largest absolute Gasteiger partial charge is 0.358 e. The molecule has 1 atom stereocenters. The number of hydrogen-bond acceptors (Lipinski definition) is 5. The van der Waals surface area contributed by atoms with Gasteiger partial charge in [0.05, 0.1) is 12.6 Å². The van der Waals surface area contributed by atoms with Crippen molar-refractivity contribution in [3.8, 4) is 0 Å². The van der Waals surface area contributed by atoms with E-state index >= 15 is 0 Å². The van der Waals surface area contributed by atoms with Gasteiger partial charge in [-0.3, -0.25) is 9.69 Å². The van der Waals surface area contributed by atoms with Crippen molar-refractivity contribution in [2.24, 2.45) is 0 Å². The van der Waals surface area contributed by atoms with E-state index in [0.29, 0.717) is 18.3 Å². The molecule has 1 N–H and O–H groups in total. The van der Waals surface area contributed by atoms with Crippen LogP contribution >= 0.6 is 0 Å². The van der Waals surface area contributed by atoms with Gasteiger partial charge in [-0.2, -0.15) is 4.98 Å². The van der Waals surface area contributed by atoms with Gasteiger partial charge in [0.2, 0.25) is 11.8 Å².